The largest absolute Gasteiger partial charge is 0.356 e. The number of nitrogens with one attached hydrogen (secondary N) is 1. The molecule has 0 aliphatic heterocycles. The molecule has 1 amide bonds. The number of nitrogens with zero attached hydrogens (tertiary/aromatic N) is 1. The van der Waals surface area contributed by atoms with Crippen molar-refractivity contribution in [3.63, 3.8) is 0 Å². The minimum atomic E-state index is -0.328. The highest BCUT2D eigenvalue weighted by atomic mass is 16.2. The van der Waals surface area contributed by atoms with Crippen molar-refractivity contribution in [2.45, 2.75) is 44.9 Å². The molecule has 0 aromatic heterocycles. The number of unbranched alkanes of at least 4 members (excludes halogenated alkanes) is 1. The smallest absolute Gasteiger partial charge is 0.227 e. The Hall–Kier alpha value is -1.08. The molecule has 1 saturated carbocycles. The van der Waals surface area contributed by atoms with Gasteiger partial charge >= 0.3 is 0 Å². The van der Waals surface area contributed by atoms with E-state index < -0.39 is 0 Å². The number of carbonyl (C=O) groups is 1. The quantitative estimate of drug-likeness (QED) is 0.690. The van der Waals surface area contributed by atoms with Gasteiger partial charge in [0, 0.05) is 19.5 Å². The molecule has 16 heavy (non-hydrogen) atoms. The Bertz CT molecular complexity index is 264. The maximum absolute atomic E-state index is 12.0. The topological polar surface area (TPSA) is 78.9 Å². The van der Waals surface area contributed by atoms with E-state index in [1.165, 1.54) is 6.42 Å². The number of amides is 1. The fraction of sp³-hybridized carbons (Fsp3) is 0.833. The predicted molar refractivity (Wildman–Crippen MR) is 62.4 cm³/mol. The third-order valence-electron chi connectivity index (χ3n) is 3.43. The first-order valence-electron chi connectivity index (χ1n) is 6.10. The van der Waals surface area contributed by atoms with Gasteiger partial charge in [0.25, 0.3) is 0 Å². The van der Waals surface area contributed by atoms with Gasteiger partial charge in [-0.25, -0.2) is 0 Å². The van der Waals surface area contributed by atoms with E-state index in [4.69, 9.17) is 11.0 Å². The number of carbonyl (C=O) groups excluding carboxylic acids is 1. The monoisotopic (exact) mass is 223 g/mol. The first-order chi connectivity index (χ1) is 7.75. The van der Waals surface area contributed by atoms with Crippen LogP contribution >= 0.6 is 0 Å². The molecule has 3 N–H and O–H groups in total. The van der Waals surface area contributed by atoms with Crippen molar-refractivity contribution in [2.75, 3.05) is 13.1 Å². The first kappa shape index (κ1) is 13.0. The van der Waals surface area contributed by atoms with Crippen LogP contribution in [-0.2, 0) is 4.79 Å². The molecule has 1 rings (SSSR count). The molecule has 0 aromatic carbocycles. The molecule has 0 radical (unpaired) electrons. The van der Waals surface area contributed by atoms with E-state index in [0.717, 1.165) is 32.1 Å². The lowest BCUT2D eigenvalue weighted by Crippen LogP contribution is -2.47. The molecule has 1 aliphatic carbocycles. The van der Waals surface area contributed by atoms with Crippen molar-refractivity contribution in [1.82, 2.24) is 5.32 Å². The summed E-state index contributed by atoms with van der Waals surface area (Å²) in [4.78, 5) is 12.0. The van der Waals surface area contributed by atoms with Crippen LogP contribution in [0.1, 0.15) is 44.9 Å². The Balaban J connectivity index is 2.40. The van der Waals surface area contributed by atoms with E-state index in [9.17, 15) is 4.79 Å². The number of hydrogen-bond donors (Lipinski definition) is 2. The van der Waals surface area contributed by atoms with Gasteiger partial charge in [-0.05, 0) is 19.3 Å². The molecule has 4 nitrogen and oxygen atoms in total. The zero-order valence-corrected chi connectivity index (χ0v) is 9.80. The Morgan fingerprint density at radius 3 is 2.62 bits per heavy atom. The van der Waals surface area contributed by atoms with Crippen molar-refractivity contribution in [1.29, 1.82) is 5.26 Å². The van der Waals surface area contributed by atoms with Gasteiger partial charge in [-0.3, -0.25) is 4.79 Å². The summed E-state index contributed by atoms with van der Waals surface area (Å²) in [6, 6.07) is 2.07. The molecule has 0 saturated heterocycles. The van der Waals surface area contributed by atoms with E-state index in [0.29, 0.717) is 19.5 Å². The summed E-state index contributed by atoms with van der Waals surface area (Å²) in [5.74, 6) is 0.0904. The van der Waals surface area contributed by atoms with Crippen molar-refractivity contribution in [3.8, 4) is 6.07 Å². The maximum Gasteiger partial charge on any atom is 0.227 e. The van der Waals surface area contributed by atoms with Gasteiger partial charge in [-0.2, -0.15) is 5.26 Å². The Labute approximate surface area is 97.2 Å². The summed E-state index contributed by atoms with van der Waals surface area (Å²) in [6.07, 6.45) is 6.45. The average molecular weight is 223 g/mol. The average Bonchev–Trinajstić information content (AvgIpc) is 2.35. The standard InChI is InChI=1S/C12H21N3O/c13-8-4-5-9-15-11(16)12(10-14)6-2-1-3-7-12/h1-7,9-10,14H2,(H,15,16). The highest BCUT2D eigenvalue weighted by molar-refractivity contribution is 5.82. The molecule has 0 heterocycles. The van der Waals surface area contributed by atoms with Gasteiger partial charge in [0.1, 0.15) is 0 Å². The summed E-state index contributed by atoms with van der Waals surface area (Å²) < 4.78 is 0. The second-order valence-corrected chi connectivity index (χ2v) is 4.56. The van der Waals surface area contributed by atoms with Crippen molar-refractivity contribution in [3.05, 3.63) is 0 Å². The molecule has 0 atom stereocenters. The molecular weight excluding hydrogens is 202 g/mol. The van der Waals surface area contributed by atoms with E-state index in [1.807, 2.05) is 0 Å². The van der Waals surface area contributed by atoms with Crippen LogP contribution in [0.15, 0.2) is 0 Å². The van der Waals surface area contributed by atoms with Gasteiger partial charge in [0.05, 0.1) is 11.5 Å². The second kappa shape index (κ2) is 6.49. The van der Waals surface area contributed by atoms with Crippen LogP contribution in [0, 0.1) is 16.7 Å². The van der Waals surface area contributed by atoms with E-state index in [2.05, 4.69) is 11.4 Å². The van der Waals surface area contributed by atoms with Gasteiger partial charge in [-0.1, -0.05) is 19.3 Å². The normalized spacial score (nSPS) is 18.8. The number of rotatable bonds is 5. The number of nitrogens with two attached hydrogens (primary N) is 1. The molecule has 0 unspecified atom stereocenters. The second-order valence-electron chi connectivity index (χ2n) is 4.56. The Morgan fingerprint density at radius 1 is 1.38 bits per heavy atom. The van der Waals surface area contributed by atoms with Crippen LogP contribution in [0.4, 0.5) is 0 Å². The van der Waals surface area contributed by atoms with Gasteiger partial charge in [0.15, 0.2) is 0 Å². The van der Waals surface area contributed by atoms with Crippen LogP contribution in [0.2, 0.25) is 0 Å². The Morgan fingerprint density at radius 2 is 2.06 bits per heavy atom. The molecule has 1 fully saturated rings. The summed E-state index contributed by atoms with van der Waals surface area (Å²) in [6.45, 7) is 1.03. The summed E-state index contributed by atoms with van der Waals surface area (Å²) in [5, 5.41) is 11.3. The number of nitriles is 1. The molecule has 90 valence electrons. The molecule has 4 heteroatoms. The van der Waals surface area contributed by atoms with E-state index >= 15 is 0 Å². The van der Waals surface area contributed by atoms with E-state index in [1.54, 1.807) is 0 Å². The third-order valence-corrected chi connectivity index (χ3v) is 3.43. The minimum absolute atomic E-state index is 0.0904. The lowest BCUT2D eigenvalue weighted by Gasteiger charge is -2.34. The Kier molecular flexibility index (Phi) is 5.27. The lowest BCUT2D eigenvalue weighted by molar-refractivity contribution is -0.132. The van der Waals surface area contributed by atoms with Gasteiger partial charge in [-0.15, -0.1) is 0 Å². The minimum Gasteiger partial charge on any atom is -0.356 e. The SMILES string of the molecule is N#CCCCNC(=O)C1(CN)CCCCC1. The molecule has 1 aliphatic rings. The van der Waals surface area contributed by atoms with Crippen molar-refractivity contribution in [2.24, 2.45) is 11.1 Å². The lowest BCUT2D eigenvalue weighted by atomic mass is 9.73. The van der Waals surface area contributed by atoms with Crippen LogP contribution in [0.5, 0.6) is 0 Å². The van der Waals surface area contributed by atoms with Crippen LogP contribution in [0.25, 0.3) is 0 Å². The highest BCUT2D eigenvalue weighted by Gasteiger charge is 2.37. The highest BCUT2D eigenvalue weighted by Crippen LogP contribution is 2.35. The third kappa shape index (κ3) is 3.21. The summed E-state index contributed by atoms with van der Waals surface area (Å²) in [7, 11) is 0. The van der Waals surface area contributed by atoms with Gasteiger partial charge < -0.3 is 11.1 Å². The summed E-state index contributed by atoms with van der Waals surface area (Å²) >= 11 is 0. The molecule has 0 bridgehead atoms. The van der Waals surface area contributed by atoms with E-state index in [-0.39, 0.29) is 11.3 Å². The zero-order chi connectivity index (χ0) is 11.9. The maximum atomic E-state index is 12.0. The molecule has 0 spiro atoms. The van der Waals surface area contributed by atoms with Crippen molar-refractivity contribution < 1.29 is 4.79 Å². The summed E-state index contributed by atoms with van der Waals surface area (Å²) in [5.41, 5.74) is 5.43. The van der Waals surface area contributed by atoms with Crippen molar-refractivity contribution >= 4 is 5.91 Å². The van der Waals surface area contributed by atoms with Crippen LogP contribution in [0.3, 0.4) is 0 Å². The number of hydrogen-bond acceptors (Lipinski definition) is 3. The van der Waals surface area contributed by atoms with Gasteiger partial charge in [0.2, 0.25) is 5.91 Å². The predicted octanol–water partition coefficient (Wildman–Crippen LogP) is 1.32. The van der Waals surface area contributed by atoms with Crippen LogP contribution in [-0.4, -0.2) is 19.0 Å². The first-order valence-corrected chi connectivity index (χ1v) is 6.10. The fourth-order valence-corrected chi connectivity index (χ4v) is 2.31. The zero-order valence-electron chi connectivity index (χ0n) is 9.80. The van der Waals surface area contributed by atoms with Crippen LogP contribution < -0.4 is 11.1 Å². The fourth-order valence-electron chi connectivity index (χ4n) is 2.31. The molecular formula is C12H21N3O. The molecule has 0 aromatic rings.